The summed E-state index contributed by atoms with van der Waals surface area (Å²) in [6.45, 7) is 8.33. The van der Waals surface area contributed by atoms with Crippen LogP contribution in [-0.2, 0) is 19.5 Å². The zero-order chi connectivity index (χ0) is 13.2. The second kappa shape index (κ2) is 5.61. The number of thiophene rings is 1. The molecule has 0 aliphatic carbocycles. The lowest BCUT2D eigenvalue weighted by atomic mass is 10.1. The monoisotopic (exact) mass is 293 g/mol. The van der Waals surface area contributed by atoms with Gasteiger partial charge in [0.25, 0.3) is 0 Å². The number of aromatic nitrogens is 1. The molecule has 19 heavy (non-hydrogen) atoms. The Morgan fingerprint density at radius 1 is 1.47 bits per heavy atom. The molecule has 0 atom stereocenters. The predicted octanol–water partition coefficient (Wildman–Crippen LogP) is 3.19. The van der Waals surface area contributed by atoms with Gasteiger partial charge < -0.3 is 10.2 Å². The van der Waals surface area contributed by atoms with E-state index < -0.39 is 0 Å². The van der Waals surface area contributed by atoms with Crippen LogP contribution in [-0.4, -0.2) is 18.1 Å². The number of hydrogen-bond acceptors (Lipinski definition) is 5. The van der Waals surface area contributed by atoms with Crippen LogP contribution < -0.4 is 10.2 Å². The molecule has 0 saturated heterocycles. The topological polar surface area (TPSA) is 28.2 Å². The SMILES string of the molecule is CCNCc1sc(N2CCc3sccc3C2)nc1C. The Morgan fingerprint density at radius 2 is 2.37 bits per heavy atom. The Hall–Kier alpha value is -0.910. The molecule has 0 spiro atoms. The van der Waals surface area contributed by atoms with Crippen molar-refractivity contribution in [2.24, 2.45) is 0 Å². The van der Waals surface area contributed by atoms with Gasteiger partial charge in [0, 0.05) is 29.4 Å². The summed E-state index contributed by atoms with van der Waals surface area (Å²) in [4.78, 5) is 10.1. The minimum atomic E-state index is 0.942. The zero-order valence-corrected chi connectivity index (χ0v) is 13.0. The lowest BCUT2D eigenvalue weighted by Gasteiger charge is -2.26. The Morgan fingerprint density at radius 3 is 3.21 bits per heavy atom. The third-order valence-corrected chi connectivity index (χ3v) is 5.74. The molecular weight excluding hydrogens is 274 g/mol. The van der Waals surface area contributed by atoms with Crippen molar-refractivity contribution in [3.05, 3.63) is 32.5 Å². The molecule has 2 aromatic rings. The van der Waals surface area contributed by atoms with Crippen molar-refractivity contribution in [3.63, 3.8) is 0 Å². The molecule has 1 aliphatic heterocycles. The highest BCUT2D eigenvalue weighted by Gasteiger charge is 2.20. The van der Waals surface area contributed by atoms with Crippen LogP contribution in [0.5, 0.6) is 0 Å². The van der Waals surface area contributed by atoms with Crippen LogP contribution in [0.2, 0.25) is 0 Å². The lowest BCUT2D eigenvalue weighted by molar-refractivity contribution is 0.729. The highest BCUT2D eigenvalue weighted by Crippen LogP contribution is 2.31. The fourth-order valence-corrected chi connectivity index (χ4v) is 4.31. The number of anilines is 1. The summed E-state index contributed by atoms with van der Waals surface area (Å²) in [6.07, 6.45) is 1.16. The molecule has 102 valence electrons. The van der Waals surface area contributed by atoms with Crippen molar-refractivity contribution in [3.8, 4) is 0 Å². The van der Waals surface area contributed by atoms with Crippen molar-refractivity contribution in [1.29, 1.82) is 0 Å². The van der Waals surface area contributed by atoms with Gasteiger partial charge in [-0.2, -0.15) is 0 Å². The summed E-state index contributed by atoms with van der Waals surface area (Å²) in [5.41, 5.74) is 2.66. The van der Waals surface area contributed by atoms with Gasteiger partial charge >= 0.3 is 0 Å². The van der Waals surface area contributed by atoms with Gasteiger partial charge in [0.15, 0.2) is 5.13 Å². The molecular formula is C14H19N3S2. The Labute approximate surface area is 122 Å². The average Bonchev–Trinajstić information content (AvgIpc) is 3.02. The third-order valence-electron chi connectivity index (χ3n) is 3.50. The van der Waals surface area contributed by atoms with Crippen molar-refractivity contribution < 1.29 is 0 Å². The van der Waals surface area contributed by atoms with Gasteiger partial charge in [-0.15, -0.1) is 22.7 Å². The predicted molar refractivity (Wildman–Crippen MR) is 83.3 cm³/mol. The Kier molecular flexibility index (Phi) is 3.86. The summed E-state index contributed by atoms with van der Waals surface area (Å²) in [5.74, 6) is 0. The van der Waals surface area contributed by atoms with Gasteiger partial charge in [0.2, 0.25) is 0 Å². The summed E-state index contributed by atoms with van der Waals surface area (Å²) in [5, 5.41) is 6.78. The van der Waals surface area contributed by atoms with E-state index in [9.17, 15) is 0 Å². The summed E-state index contributed by atoms with van der Waals surface area (Å²) in [7, 11) is 0. The van der Waals surface area contributed by atoms with Crippen LogP contribution >= 0.6 is 22.7 Å². The van der Waals surface area contributed by atoms with Crippen LogP contribution in [0.15, 0.2) is 11.4 Å². The van der Waals surface area contributed by atoms with E-state index in [1.807, 2.05) is 22.7 Å². The van der Waals surface area contributed by atoms with Crippen LogP contribution in [0.25, 0.3) is 0 Å². The van der Waals surface area contributed by atoms with Gasteiger partial charge in [-0.3, -0.25) is 0 Å². The molecule has 2 aromatic heterocycles. The molecule has 0 saturated carbocycles. The number of nitrogens with one attached hydrogen (secondary N) is 1. The number of rotatable bonds is 4. The minimum absolute atomic E-state index is 0.942. The lowest BCUT2D eigenvalue weighted by Crippen LogP contribution is -2.29. The molecule has 1 N–H and O–H groups in total. The van der Waals surface area contributed by atoms with E-state index in [2.05, 4.69) is 35.5 Å². The van der Waals surface area contributed by atoms with Crippen molar-refractivity contribution in [1.82, 2.24) is 10.3 Å². The van der Waals surface area contributed by atoms with Gasteiger partial charge in [-0.05, 0) is 36.9 Å². The molecule has 0 fully saturated rings. The molecule has 0 radical (unpaired) electrons. The fraction of sp³-hybridized carbons (Fsp3) is 0.500. The van der Waals surface area contributed by atoms with E-state index in [4.69, 9.17) is 4.98 Å². The van der Waals surface area contributed by atoms with Crippen LogP contribution in [0, 0.1) is 6.92 Å². The second-order valence-electron chi connectivity index (χ2n) is 4.83. The third kappa shape index (κ3) is 2.68. The van der Waals surface area contributed by atoms with Gasteiger partial charge in [-0.1, -0.05) is 6.92 Å². The highest BCUT2D eigenvalue weighted by atomic mass is 32.1. The van der Waals surface area contributed by atoms with Gasteiger partial charge in [0.1, 0.15) is 0 Å². The average molecular weight is 293 g/mol. The molecule has 5 heteroatoms. The molecule has 0 aromatic carbocycles. The molecule has 3 rings (SSSR count). The molecule has 1 aliphatic rings. The maximum atomic E-state index is 4.75. The first-order valence-electron chi connectivity index (χ1n) is 6.75. The number of thiazole rings is 1. The van der Waals surface area contributed by atoms with E-state index in [1.165, 1.54) is 21.3 Å². The van der Waals surface area contributed by atoms with Gasteiger partial charge in [-0.25, -0.2) is 4.98 Å². The van der Waals surface area contributed by atoms with Crippen molar-refractivity contribution in [2.45, 2.75) is 33.4 Å². The Bertz CT molecular complexity index is 559. The number of nitrogens with zero attached hydrogens (tertiary/aromatic N) is 2. The first-order valence-corrected chi connectivity index (χ1v) is 8.44. The quantitative estimate of drug-likeness (QED) is 0.938. The van der Waals surface area contributed by atoms with E-state index in [-0.39, 0.29) is 0 Å². The fourth-order valence-electron chi connectivity index (χ4n) is 2.36. The van der Waals surface area contributed by atoms with E-state index in [1.54, 1.807) is 4.88 Å². The second-order valence-corrected chi connectivity index (χ2v) is 6.89. The number of aryl methyl sites for hydroxylation is 1. The largest absolute Gasteiger partial charge is 0.343 e. The maximum Gasteiger partial charge on any atom is 0.186 e. The normalized spacial score (nSPS) is 14.7. The van der Waals surface area contributed by atoms with E-state index in [0.29, 0.717) is 0 Å². The molecule has 0 bridgehead atoms. The molecule has 0 amide bonds. The summed E-state index contributed by atoms with van der Waals surface area (Å²) >= 11 is 3.73. The number of fused-ring (bicyclic) bond motifs is 1. The smallest absolute Gasteiger partial charge is 0.186 e. The van der Waals surface area contributed by atoms with Gasteiger partial charge in [0.05, 0.1) is 5.69 Å². The summed E-state index contributed by atoms with van der Waals surface area (Å²) < 4.78 is 0. The molecule has 3 heterocycles. The standard InChI is InChI=1S/C14H19N3S2/c1-3-15-8-13-10(2)16-14(19-13)17-6-4-12-11(9-17)5-7-18-12/h5,7,15H,3-4,6,8-9H2,1-2H3. The first kappa shape index (κ1) is 13.1. The maximum absolute atomic E-state index is 4.75. The van der Waals surface area contributed by atoms with E-state index in [0.717, 1.165) is 32.6 Å². The molecule has 0 unspecified atom stereocenters. The highest BCUT2D eigenvalue weighted by molar-refractivity contribution is 7.15. The van der Waals surface area contributed by atoms with Crippen LogP contribution in [0.1, 0.15) is 27.9 Å². The van der Waals surface area contributed by atoms with Crippen LogP contribution in [0.3, 0.4) is 0 Å². The van der Waals surface area contributed by atoms with Crippen molar-refractivity contribution >= 4 is 27.8 Å². The van der Waals surface area contributed by atoms with Crippen LogP contribution in [0.4, 0.5) is 5.13 Å². The van der Waals surface area contributed by atoms with E-state index >= 15 is 0 Å². The Balaban J connectivity index is 1.76. The summed E-state index contributed by atoms with van der Waals surface area (Å²) in [6, 6.07) is 2.26. The minimum Gasteiger partial charge on any atom is -0.343 e. The molecule has 3 nitrogen and oxygen atoms in total. The first-order chi connectivity index (χ1) is 9.28. The number of hydrogen-bond donors (Lipinski definition) is 1. The zero-order valence-electron chi connectivity index (χ0n) is 11.4. The van der Waals surface area contributed by atoms with Crippen molar-refractivity contribution in [2.75, 3.05) is 18.0 Å².